The maximum absolute atomic E-state index is 11.5. The van der Waals surface area contributed by atoms with Gasteiger partial charge in [-0.05, 0) is 18.2 Å². The van der Waals surface area contributed by atoms with E-state index in [0.29, 0.717) is 5.57 Å². The van der Waals surface area contributed by atoms with Crippen LogP contribution in [0, 0.1) is 0 Å². The highest BCUT2D eigenvalue weighted by Gasteiger charge is 2.32. The lowest BCUT2D eigenvalue weighted by molar-refractivity contribution is -0.113. The summed E-state index contributed by atoms with van der Waals surface area (Å²) < 4.78 is 0. The second-order valence-corrected chi connectivity index (χ2v) is 5.24. The van der Waals surface area contributed by atoms with E-state index < -0.39 is 0 Å². The molecule has 1 aromatic carbocycles. The van der Waals surface area contributed by atoms with Crippen molar-refractivity contribution >= 4 is 23.2 Å². The molecule has 2 aliphatic rings. The fourth-order valence-corrected chi connectivity index (χ4v) is 3.08. The van der Waals surface area contributed by atoms with E-state index in [2.05, 4.69) is 6.58 Å². The molecule has 0 saturated heterocycles. The monoisotopic (exact) mass is 257 g/mol. The third-order valence-electron chi connectivity index (χ3n) is 3.10. The van der Waals surface area contributed by atoms with E-state index in [1.807, 2.05) is 36.2 Å². The zero-order valence-electron chi connectivity index (χ0n) is 9.80. The molecule has 0 atom stereocenters. The summed E-state index contributed by atoms with van der Waals surface area (Å²) in [5, 5.41) is 10.5. The molecule has 0 aromatic heterocycles. The zero-order valence-corrected chi connectivity index (χ0v) is 10.6. The summed E-state index contributed by atoms with van der Waals surface area (Å²) in [7, 11) is 1.94. The number of nitrogens with zero attached hydrogens (tertiary/aromatic N) is 1. The summed E-state index contributed by atoms with van der Waals surface area (Å²) in [6.45, 7) is 3.50. The fraction of sp³-hybridized carbons (Fsp3) is 0.0714. The van der Waals surface area contributed by atoms with E-state index in [1.165, 1.54) is 0 Å². The average molecular weight is 257 g/mol. The normalized spacial score (nSPS) is 20.5. The lowest BCUT2D eigenvalue weighted by Gasteiger charge is -2.19. The third-order valence-corrected chi connectivity index (χ3v) is 4.27. The van der Waals surface area contributed by atoms with Crippen LogP contribution in [-0.4, -0.2) is 17.9 Å². The Morgan fingerprint density at radius 3 is 2.78 bits per heavy atom. The van der Waals surface area contributed by atoms with E-state index in [-0.39, 0.29) is 17.1 Å². The van der Waals surface area contributed by atoms with Crippen molar-refractivity contribution < 1.29 is 9.90 Å². The number of para-hydroxylation sites is 1. The number of thioether (sulfide) groups is 1. The Balaban J connectivity index is 1.99. The first-order chi connectivity index (χ1) is 8.59. The quantitative estimate of drug-likeness (QED) is 0.785. The minimum atomic E-state index is -0.176. The SMILES string of the molecule is C=C1C(=O)C(/C=C2\Sc3ccccc3N2C)=C1O. The van der Waals surface area contributed by atoms with Gasteiger partial charge in [0.15, 0.2) is 5.78 Å². The van der Waals surface area contributed by atoms with Crippen LogP contribution >= 0.6 is 11.8 Å². The molecule has 1 aliphatic carbocycles. The van der Waals surface area contributed by atoms with Gasteiger partial charge in [-0.1, -0.05) is 30.5 Å². The number of allylic oxidation sites excluding steroid dienone is 3. The number of anilines is 1. The number of carbonyl (C=O) groups is 1. The van der Waals surface area contributed by atoms with E-state index in [1.54, 1.807) is 17.8 Å². The third kappa shape index (κ3) is 1.42. The first kappa shape index (κ1) is 11.2. The predicted molar refractivity (Wildman–Crippen MR) is 72.6 cm³/mol. The van der Waals surface area contributed by atoms with Crippen LogP contribution in [0.3, 0.4) is 0 Å². The molecule has 3 rings (SSSR count). The number of carbonyl (C=O) groups excluding carboxylic acids is 1. The fourth-order valence-electron chi connectivity index (χ4n) is 1.98. The number of rotatable bonds is 1. The molecule has 1 aromatic rings. The molecule has 3 nitrogen and oxygen atoms in total. The molecule has 0 spiro atoms. The number of aliphatic hydroxyl groups is 1. The van der Waals surface area contributed by atoms with Crippen molar-refractivity contribution in [3.63, 3.8) is 0 Å². The number of hydrogen-bond donors (Lipinski definition) is 1. The molecule has 0 radical (unpaired) electrons. The molecule has 90 valence electrons. The van der Waals surface area contributed by atoms with Crippen LogP contribution in [0.4, 0.5) is 5.69 Å². The van der Waals surface area contributed by atoms with Gasteiger partial charge < -0.3 is 10.0 Å². The standard InChI is InChI=1S/C14H11NO2S/c1-8-13(16)9(14(8)17)7-12-15(2)10-5-3-4-6-11(10)18-12/h3-7,16H,1H2,2H3/b12-7-. The summed E-state index contributed by atoms with van der Waals surface area (Å²) in [6, 6.07) is 8.02. The molecule has 0 unspecified atom stereocenters. The second-order valence-electron chi connectivity index (χ2n) is 4.18. The topological polar surface area (TPSA) is 40.5 Å². The van der Waals surface area contributed by atoms with Gasteiger partial charge in [0, 0.05) is 11.9 Å². The van der Waals surface area contributed by atoms with Gasteiger partial charge in [0.1, 0.15) is 5.76 Å². The Kier molecular flexibility index (Phi) is 2.35. The molecule has 1 aliphatic heterocycles. The van der Waals surface area contributed by atoms with Gasteiger partial charge in [0.25, 0.3) is 0 Å². The molecular formula is C14H11NO2S. The summed E-state index contributed by atoms with van der Waals surface area (Å²) in [5.41, 5.74) is 1.66. The van der Waals surface area contributed by atoms with Crippen LogP contribution in [0.15, 0.2) is 63.8 Å². The van der Waals surface area contributed by atoms with Crippen molar-refractivity contribution in [1.29, 1.82) is 0 Å². The van der Waals surface area contributed by atoms with Gasteiger partial charge in [0.05, 0.1) is 21.9 Å². The summed E-state index contributed by atoms with van der Waals surface area (Å²) in [6.07, 6.45) is 1.72. The Labute approximate surface area is 109 Å². The van der Waals surface area contributed by atoms with Crippen LogP contribution in [0.25, 0.3) is 0 Å². The number of aliphatic hydroxyl groups excluding tert-OH is 1. The van der Waals surface area contributed by atoms with Gasteiger partial charge in [-0.25, -0.2) is 0 Å². The number of benzene rings is 1. The smallest absolute Gasteiger partial charge is 0.200 e. The maximum Gasteiger partial charge on any atom is 0.200 e. The minimum Gasteiger partial charge on any atom is -0.506 e. The summed E-state index contributed by atoms with van der Waals surface area (Å²) in [5.74, 6) is -0.164. The number of fused-ring (bicyclic) bond motifs is 1. The van der Waals surface area contributed by atoms with Crippen LogP contribution in [-0.2, 0) is 4.79 Å². The molecule has 0 fully saturated rings. The van der Waals surface area contributed by atoms with Gasteiger partial charge in [-0.2, -0.15) is 0 Å². The Morgan fingerprint density at radius 2 is 2.11 bits per heavy atom. The van der Waals surface area contributed by atoms with Crippen LogP contribution in [0.5, 0.6) is 0 Å². The number of hydrogen-bond acceptors (Lipinski definition) is 4. The molecule has 0 saturated carbocycles. The van der Waals surface area contributed by atoms with Crippen LogP contribution in [0.2, 0.25) is 0 Å². The molecule has 1 heterocycles. The average Bonchev–Trinajstić information content (AvgIpc) is 2.72. The lowest BCUT2D eigenvalue weighted by atomic mass is 9.89. The number of Topliss-reactive ketones (excluding diaryl/α,β-unsaturated/α-hetero) is 1. The Morgan fingerprint density at radius 1 is 1.39 bits per heavy atom. The first-order valence-corrected chi connectivity index (χ1v) is 6.31. The highest BCUT2D eigenvalue weighted by molar-refractivity contribution is 8.03. The molecule has 1 N–H and O–H groups in total. The predicted octanol–water partition coefficient (Wildman–Crippen LogP) is 3.02. The highest BCUT2D eigenvalue weighted by atomic mass is 32.2. The second kappa shape index (κ2) is 3.78. The highest BCUT2D eigenvalue weighted by Crippen LogP contribution is 2.45. The van der Waals surface area contributed by atoms with Crippen LogP contribution in [0.1, 0.15) is 0 Å². The van der Waals surface area contributed by atoms with Crippen molar-refractivity contribution in [2.45, 2.75) is 4.90 Å². The van der Waals surface area contributed by atoms with E-state index in [4.69, 9.17) is 0 Å². The summed E-state index contributed by atoms with van der Waals surface area (Å²) >= 11 is 1.59. The summed E-state index contributed by atoms with van der Waals surface area (Å²) in [4.78, 5) is 14.7. The Hall–Kier alpha value is -1.94. The van der Waals surface area contributed by atoms with Crippen molar-refractivity contribution in [3.05, 3.63) is 58.9 Å². The van der Waals surface area contributed by atoms with Crippen molar-refractivity contribution in [3.8, 4) is 0 Å². The lowest BCUT2D eigenvalue weighted by Crippen LogP contribution is -2.21. The maximum atomic E-state index is 11.5. The van der Waals surface area contributed by atoms with Crippen LogP contribution < -0.4 is 4.90 Å². The van der Waals surface area contributed by atoms with Gasteiger partial charge in [-0.15, -0.1) is 0 Å². The molecule has 18 heavy (non-hydrogen) atoms. The van der Waals surface area contributed by atoms with Crippen molar-refractivity contribution in [2.75, 3.05) is 11.9 Å². The zero-order chi connectivity index (χ0) is 12.9. The van der Waals surface area contributed by atoms with E-state index >= 15 is 0 Å². The van der Waals surface area contributed by atoms with Gasteiger partial charge >= 0.3 is 0 Å². The first-order valence-electron chi connectivity index (χ1n) is 5.49. The molecular weight excluding hydrogens is 246 g/mol. The van der Waals surface area contributed by atoms with Crippen molar-refractivity contribution in [2.24, 2.45) is 0 Å². The molecule has 0 bridgehead atoms. The van der Waals surface area contributed by atoms with E-state index in [9.17, 15) is 9.90 Å². The molecule has 0 amide bonds. The Bertz CT molecular complexity index is 643. The number of ketones is 1. The van der Waals surface area contributed by atoms with E-state index in [0.717, 1.165) is 15.6 Å². The molecule has 4 heteroatoms. The largest absolute Gasteiger partial charge is 0.506 e. The van der Waals surface area contributed by atoms with Crippen molar-refractivity contribution in [1.82, 2.24) is 0 Å². The van der Waals surface area contributed by atoms with Gasteiger partial charge in [0.2, 0.25) is 0 Å². The van der Waals surface area contributed by atoms with Gasteiger partial charge in [-0.3, -0.25) is 4.79 Å². The minimum absolute atomic E-state index is 0.0115.